The molecule has 0 aliphatic heterocycles. The molecule has 0 aliphatic carbocycles. The molecule has 0 saturated heterocycles. The van der Waals surface area contributed by atoms with Crippen LogP contribution in [0.3, 0.4) is 0 Å². The maximum Gasteiger partial charge on any atom is 0.130 e. The Kier molecular flexibility index (Phi) is 7.17. The smallest absolute Gasteiger partial charge is 0.130 e. The monoisotopic (exact) mass is 315 g/mol. The SMILES string of the molecule is CCCNC(Cc1c(C)nn(C)c1Cl)C(C)(CC)OCC. The standard InChI is InChI=1S/C16H30ClN3O/c1-7-10-18-14(16(5,8-2)21-9-3)11-13-12(4)19-20(6)15(13)17/h14,18H,7-11H2,1-6H3. The van der Waals surface area contributed by atoms with Crippen LogP contribution in [0.5, 0.6) is 0 Å². The van der Waals surface area contributed by atoms with Crippen LogP contribution in [0, 0.1) is 6.92 Å². The number of ether oxygens (including phenoxy) is 1. The average molecular weight is 316 g/mol. The molecule has 1 aromatic rings. The van der Waals surface area contributed by atoms with Gasteiger partial charge in [-0.25, -0.2) is 0 Å². The first kappa shape index (κ1) is 18.5. The summed E-state index contributed by atoms with van der Waals surface area (Å²) in [6, 6.07) is 0.225. The van der Waals surface area contributed by atoms with Gasteiger partial charge in [-0.3, -0.25) is 4.68 Å². The van der Waals surface area contributed by atoms with Crippen molar-refractivity contribution in [1.29, 1.82) is 0 Å². The minimum atomic E-state index is -0.199. The molecule has 0 saturated carbocycles. The third-order valence-electron chi connectivity index (χ3n) is 4.23. The van der Waals surface area contributed by atoms with Crippen LogP contribution >= 0.6 is 11.6 Å². The Balaban J connectivity index is 3.02. The average Bonchev–Trinajstić information content (AvgIpc) is 2.69. The van der Waals surface area contributed by atoms with Gasteiger partial charge in [0.15, 0.2) is 0 Å². The lowest BCUT2D eigenvalue weighted by atomic mass is 9.88. The number of hydrogen-bond donors (Lipinski definition) is 1. The molecule has 0 fully saturated rings. The highest BCUT2D eigenvalue weighted by Gasteiger charge is 2.34. The molecule has 0 radical (unpaired) electrons. The molecule has 21 heavy (non-hydrogen) atoms. The zero-order chi connectivity index (χ0) is 16.0. The molecule has 0 amide bonds. The number of hydrogen-bond acceptors (Lipinski definition) is 3. The summed E-state index contributed by atoms with van der Waals surface area (Å²) in [5.41, 5.74) is 1.92. The maximum absolute atomic E-state index is 6.39. The van der Waals surface area contributed by atoms with Crippen LogP contribution in [0.2, 0.25) is 5.15 Å². The minimum absolute atomic E-state index is 0.199. The number of nitrogens with one attached hydrogen (secondary N) is 1. The van der Waals surface area contributed by atoms with Gasteiger partial charge in [-0.2, -0.15) is 5.10 Å². The van der Waals surface area contributed by atoms with Crippen molar-refractivity contribution >= 4 is 11.6 Å². The third kappa shape index (κ3) is 4.44. The number of aromatic nitrogens is 2. The summed E-state index contributed by atoms with van der Waals surface area (Å²) < 4.78 is 7.81. The lowest BCUT2D eigenvalue weighted by Gasteiger charge is -2.37. The zero-order valence-electron chi connectivity index (χ0n) is 14.3. The van der Waals surface area contributed by atoms with Crippen LogP contribution in [-0.4, -0.2) is 34.6 Å². The van der Waals surface area contributed by atoms with Gasteiger partial charge >= 0.3 is 0 Å². The van der Waals surface area contributed by atoms with Gasteiger partial charge in [-0.15, -0.1) is 0 Å². The Bertz CT molecular complexity index is 447. The second-order valence-electron chi connectivity index (χ2n) is 5.79. The molecule has 0 aliphatic rings. The highest BCUT2D eigenvalue weighted by atomic mass is 35.5. The number of rotatable bonds is 9. The summed E-state index contributed by atoms with van der Waals surface area (Å²) >= 11 is 6.39. The van der Waals surface area contributed by atoms with Crippen molar-refractivity contribution in [3.63, 3.8) is 0 Å². The van der Waals surface area contributed by atoms with Gasteiger partial charge < -0.3 is 10.1 Å². The lowest BCUT2D eigenvalue weighted by Crippen LogP contribution is -2.52. The quantitative estimate of drug-likeness (QED) is 0.758. The van der Waals surface area contributed by atoms with E-state index in [-0.39, 0.29) is 11.6 Å². The van der Waals surface area contributed by atoms with Crippen molar-refractivity contribution < 1.29 is 4.74 Å². The first-order valence-electron chi connectivity index (χ1n) is 7.94. The largest absolute Gasteiger partial charge is 0.374 e. The molecule has 2 atom stereocenters. The molecule has 122 valence electrons. The Morgan fingerprint density at radius 3 is 2.48 bits per heavy atom. The van der Waals surface area contributed by atoms with E-state index < -0.39 is 0 Å². The molecule has 2 unspecified atom stereocenters. The summed E-state index contributed by atoms with van der Waals surface area (Å²) in [6.45, 7) is 12.3. The Morgan fingerprint density at radius 2 is 2.05 bits per heavy atom. The first-order valence-corrected chi connectivity index (χ1v) is 8.32. The topological polar surface area (TPSA) is 39.1 Å². The van der Waals surface area contributed by atoms with E-state index in [1.165, 1.54) is 0 Å². The lowest BCUT2D eigenvalue weighted by molar-refractivity contribution is -0.0549. The van der Waals surface area contributed by atoms with Gasteiger partial charge in [0, 0.05) is 25.3 Å². The molecule has 1 N–H and O–H groups in total. The summed E-state index contributed by atoms with van der Waals surface area (Å²) in [4.78, 5) is 0. The second-order valence-corrected chi connectivity index (χ2v) is 6.15. The normalized spacial score (nSPS) is 16.0. The fourth-order valence-corrected chi connectivity index (χ4v) is 2.96. The van der Waals surface area contributed by atoms with E-state index in [0.29, 0.717) is 6.61 Å². The summed E-state index contributed by atoms with van der Waals surface area (Å²) in [7, 11) is 1.88. The predicted octanol–water partition coefficient (Wildman–Crippen LogP) is 3.50. The van der Waals surface area contributed by atoms with E-state index in [9.17, 15) is 0 Å². The molecule has 4 nitrogen and oxygen atoms in total. The molecule has 1 aromatic heterocycles. The van der Waals surface area contributed by atoms with Crippen LogP contribution < -0.4 is 5.32 Å². The minimum Gasteiger partial charge on any atom is -0.374 e. The van der Waals surface area contributed by atoms with Gasteiger partial charge in [0.2, 0.25) is 0 Å². The molecule has 1 heterocycles. The summed E-state index contributed by atoms with van der Waals surface area (Å²) in [5.74, 6) is 0. The number of aryl methyl sites for hydroxylation is 2. The highest BCUT2D eigenvalue weighted by Crippen LogP contribution is 2.27. The summed E-state index contributed by atoms with van der Waals surface area (Å²) in [5, 5.41) is 8.78. The van der Waals surface area contributed by atoms with Gasteiger partial charge in [-0.05, 0) is 46.6 Å². The molecule has 0 aromatic carbocycles. The first-order chi connectivity index (χ1) is 9.89. The van der Waals surface area contributed by atoms with E-state index in [1.807, 2.05) is 20.9 Å². The van der Waals surface area contributed by atoms with Gasteiger partial charge in [0.1, 0.15) is 5.15 Å². The van der Waals surface area contributed by atoms with Crippen molar-refractivity contribution in [2.24, 2.45) is 7.05 Å². The van der Waals surface area contributed by atoms with E-state index in [2.05, 4.69) is 31.2 Å². The van der Waals surface area contributed by atoms with E-state index in [4.69, 9.17) is 16.3 Å². The molecular weight excluding hydrogens is 286 g/mol. The van der Waals surface area contributed by atoms with Crippen molar-refractivity contribution in [3.05, 3.63) is 16.4 Å². The van der Waals surface area contributed by atoms with E-state index >= 15 is 0 Å². The maximum atomic E-state index is 6.39. The third-order valence-corrected chi connectivity index (χ3v) is 4.70. The zero-order valence-corrected chi connectivity index (χ0v) is 15.0. The number of halogens is 1. The van der Waals surface area contributed by atoms with Crippen LogP contribution in [0.15, 0.2) is 0 Å². The van der Waals surface area contributed by atoms with E-state index in [0.717, 1.165) is 42.2 Å². The van der Waals surface area contributed by atoms with Crippen molar-refractivity contribution in [3.8, 4) is 0 Å². The Labute approximate surface area is 134 Å². The van der Waals surface area contributed by atoms with Crippen LogP contribution in [0.25, 0.3) is 0 Å². The fraction of sp³-hybridized carbons (Fsp3) is 0.812. The molecule has 5 heteroatoms. The van der Waals surface area contributed by atoms with Gasteiger partial charge in [-0.1, -0.05) is 25.4 Å². The van der Waals surface area contributed by atoms with Crippen LogP contribution in [0.1, 0.15) is 51.8 Å². The molecule has 1 rings (SSSR count). The van der Waals surface area contributed by atoms with Crippen molar-refractivity contribution in [1.82, 2.24) is 15.1 Å². The van der Waals surface area contributed by atoms with Crippen molar-refractivity contribution in [2.75, 3.05) is 13.2 Å². The fourth-order valence-electron chi connectivity index (χ4n) is 2.71. The van der Waals surface area contributed by atoms with Gasteiger partial charge in [0.05, 0.1) is 11.3 Å². The Morgan fingerprint density at radius 1 is 1.38 bits per heavy atom. The predicted molar refractivity (Wildman–Crippen MR) is 89.1 cm³/mol. The highest BCUT2D eigenvalue weighted by molar-refractivity contribution is 6.30. The second kappa shape index (κ2) is 8.16. The molecular formula is C16H30ClN3O. The van der Waals surface area contributed by atoms with E-state index in [1.54, 1.807) is 4.68 Å². The molecule has 0 bridgehead atoms. The van der Waals surface area contributed by atoms with Crippen LogP contribution in [0.4, 0.5) is 0 Å². The Hall–Kier alpha value is -0.580. The van der Waals surface area contributed by atoms with Crippen LogP contribution in [-0.2, 0) is 18.2 Å². The summed E-state index contributed by atoms with van der Waals surface area (Å²) in [6.07, 6.45) is 2.89. The molecule has 0 spiro atoms. The van der Waals surface area contributed by atoms with Crippen molar-refractivity contribution in [2.45, 2.75) is 65.5 Å². The number of nitrogens with zero attached hydrogens (tertiary/aromatic N) is 2. The van der Waals surface area contributed by atoms with Gasteiger partial charge in [0.25, 0.3) is 0 Å².